The maximum absolute atomic E-state index is 12.5. The normalized spacial score (nSPS) is 16.4. The van der Waals surface area contributed by atoms with Gasteiger partial charge in [0.1, 0.15) is 11.4 Å². The number of aromatic nitrogens is 2. The Morgan fingerprint density at radius 1 is 1.30 bits per heavy atom. The largest absolute Gasteiger partial charge is 0.495 e. The van der Waals surface area contributed by atoms with E-state index >= 15 is 0 Å². The van der Waals surface area contributed by atoms with Crippen molar-refractivity contribution in [3.05, 3.63) is 30.0 Å². The topological polar surface area (TPSA) is 120 Å². The molecule has 4 rings (SSSR count). The first-order chi connectivity index (χ1) is 16.0. The van der Waals surface area contributed by atoms with Crippen LogP contribution in [0.4, 0.5) is 23.1 Å². The smallest absolute Gasteiger partial charge is 0.251 e. The molecule has 1 aliphatic heterocycles. The number of amides is 2. The van der Waals surface area contributed by atoms with Crippen LogP contribution in [0, 0.1) is 0 Å². The van der Waals surface area contributed by atoms with Crippen LogP contribution in [-0.2, 0) is 4.79 Å². The molecular weight excluding hydrogens is 424 g/mol. The summed E-state index contributed by atoms with van der Waals surface area (Å²) in [5.74, 6) is 1.36. The van der Waals surface area contributed by atoms with Crippen molar-refractivity contribution in [3.63, 3.8) is 0 Å². The Bertz CT molecular complexity index is 1020. The van der Waals surface area contributed by atoms with Crippen LogP contribution in [0.15, 0.2) is 24.4 Å². The monoisotopic (exact) mass is 454 g/mol. The fraction of sp³-hybridized carbons (Fsp3) is 0.478. The average molecular weight is 455 g/mol. The number of fused-ring (bicyclic) bond motifs is 1. The highest BCUT2D eigenvalue weighted by atomic mass is 16.5. The minimum atomic E-state index is -0.296. The van der Waals surface area contributed by atoms with E-state index in [1.54, 1.807) is 36.3 Å². The second kappa shape index (κ2) is 10.0. The maximum Gasteiger partial charge on any atom is 0.251 e. The summed E-state index contributed by atoms with van der Waals surface area (Å²) in [6, 6.07) is 5.39. The molecule has 2 heterocycles. The van der Waals surface area contributed by atoms with E-state index in [1.165, 1.54) is 20.0 Å². The first-order valence-electron chi connectivity index (χ1n) is 11.3. The zero-order valence-corrected chi connectivity index (χ0v) is 19.0. The molecule has 3 N–H and O–H groups in total. The number of hydrogen-bond acceptors (Lipinski definition) is 8. The molecule has 0 radical (unpaired) electrons. The number of aliphatic hydroxyl groups excluding tert-OH is 1. The standard InChI is InChI=1S/C23H30N6O4/c1-28-18-14-25-23(27-21(18)29(11-9-20(28)31)16-5-3-4-6-16)26-17-8-7-15(13-19(17)33-2)22(32)24-10-12-30/h7-8,13-14,16,30H,3-6,9-12H2,1-2H3,(H,24,32)(H,25,26,27). The number of ether oxygens (including phenoxy) is 1. The van der Waals surface area contributed by atoms with Crippen LogP contribution in [0.2, 0.25) is 0 Å². The summed E-state index contributed by atoms with van der Waals surface area (Å²) in [7, 11) is 3.29. The molecule has 33 heavy (non-hydrogen) atoms. The first kappa shape index (κ1) is 22.8. The lowest BCUT2D eigenvalue weighted by Gasteiger charge is -2.30. The number of hydrogen-bond donors (Lipinski definition) is 3. The van der Waals surface area contributed by atoms with E-state index in [1.807, 2.05) is 0 Å². The summed E-state index contributed by atoms with van der Waals surface area (Å²) in [6.45, 7) is 0.688. The van der Waals surface area contributed by atoms with Gasteiger partial charge in [0.25, 0.3) is 5.91 Å². The zero-order chi connectivity index (χ0) is 23.4. The van der Waals surface area contributed by atoms with E-state index < -0.39 is 0 Å². The number of carbonyl (C=O) groups excluding carboxylic acids is 2. The molecule has 0 saturated heterocycles. The molecule has 1 aromatic heterocycles. The fourth-order valence-electron chi connectivity index (χ4n) is 4.40. The number of rotatable bonds is 7. The summed E-state index contributed by atoms with van der Waals surface area (Å²) in [6.07, 6.45) is 6.69. The van der Waals surface area contributed by atoms with E-state index in [4.69, 9.17) is 14.8 Å². The number of nitrogens with one attached hydrogen (secondary N) is 2. The Kier molecular flexibility index (Phi) is 6.93. The van der Waals surface area contributed by atoms with Gasteiger partial charge in [-0.2, -0.15) is 4.98 Å². The molecule has 0 unspecified atom stereocenters. The van der Waals surface area contributed by atoms with E-state index in [9.17, 15) is 9.59 Å². The molecule has 2 aliphatic rings. The third kappa shape index (κ3) is 4.85. The van der Waals surface area contributed by atoms with Crippen LogP contribution < -0.4 is 25.2 Å². The average Bonchev–Trinajstić information content (AvgIpc) is 3.33. The molecule has 0 spiro atoms. The molecule has 2 amide bonds. The molecule has 176 valence electrons. The summed E-state index contributed by atoms with van der Waals surface area (Å²) in [5, 5.41) is 14.7. The Hall–Kier alpha value is -3.40. The Morgan fingerprint density at radius 3 is 2.82 bits per heavy atom. The fourth-order valence-corrected chi connectivity index (χ4v) is 4.40. The Labute approximate surface area is 193 Å². The summed E-state index contributed by atoms with van der Waals surface area (Å²) >= 11 is 0. The van der Waals surface area contributed by atoms with Crippen molar-refractivity contribution in [3.8, 4) is 5.75 Å². The third-order valence-corrected chi connectivity index (χ3v) is 6.20. The molecule has 0 atom stereocenters. The van der Waals surface area contributed by atoms with Crippen molar-refractivity contribution >= 4 is 35.0 Å². The van der Waals surface area contributed by atoms with Crippen molar-refractivity contribution < 1.29 is 19.4 Å². The van der Waals surface area contributed by atoms with Gasteiger partial charge in [0.05, 0.1) is 25.6 Å². The van der Waals surface area contributed by atoms with Crippen molar-refractivity contribution in [1.82, 2.24) is 15.3 Å². The molecule has 1 saturated carbocycles. The van der Waals surface area contributed by atoms with Gasteiger partial charge in [-0.15, -0.1) is 0 Å². The van der Waals surface area contributed by atoms with Crippen LogP contribution in [-0.4, -0.2) is 66.8 Å². The minimum absolute atomic E-state index is 0.0535. The number of carbonyl (C=O) groups is 2. The molecular formula is C23H30N6O4. The van der Waals surface area contributed by atoms with E-state index in [0.29, 0.717) is 47.6 Å². The van der Waals surface area contributed by atoms with Gasteiger partial charge in [-0.05, 0) is 31.0 Å². The first-order valence-corrected chi connectivity index (χ1v) is 11.3. The lowest BCUT2D eigenvalue weighted by molar-refractivity contribution is -0.118. The quantitative estimate of drug-likeness (QED) is 0.582. The van der Waals surface area contributed by atoms with Crippen LogP contribution >= 0.6 is 0 Å². The van der Waals surface area contributed by atoms with Gasteiger partial charge in [-0.25, -0.2) is 4.98 Å². The second-order valence-corrected chi connectivity index (χ2v) is 8.26. The summed E-state index contributed by atoms with van der Waals surface area (Å²) in [5.41, 5.74) is 1.74. The van der Waals surface area contributed by atoms with Gasteiger partial charge in [-0.1, -0.05) is 12.8 Å². The predicted octanol–water partition coefficient (Wildman–Crippen LogP) is 2.07. The van der Waals surface area contributed by atoms with E-state index in [2.05, 4.69) is 20.5 Å². The Morgan fingerprint density at radius 2 is 2.09 bits per heavy atom. The summed E-state index contributed by atoms with van der Waals surface area (Å²) in [4.78, 5) is 37.8. The SMILES string of the molecule is COc1cc(C(=O)NCCO)ccc1Nc1ncc2c(n1)N(C1CCCC1)CCC(=O)N2C. The van der Waals surface area contributed by atoms with Gasteiger partial charge in [0.15, 0.2) is 5.82 Å². The molecule has 1 aromatic carbocycles. The predicted molar refractivity (Wildman–Crippen MR) is 125 cm³/mol. The minimum Gasteiger partial charge on any atom is -0.495 e. The third-order valence-electron chi connectivity index (χ3n) is 6.20. The molecule has 10 heteroatoms. The molecule has 10 nitrogen and oxygen atoms in total. The molecule has 0 bridgehead atoms. The number of benzene rings is 1. The molecule has 2 aromatic rings. The van der Waals surface area contributed by atoms with Gasteiger partial charge >= 0.3 is 0 Å². The highest BCUT2D eigenvalue weighted by Crippen LogP contribution is 2.36. The van der Waals surface area contributed by atoms with Crippen molar-refractivity contribution in [2.75, 3.05) is 49.0 Å². The van der Waals surface area contributed by atoms with Gasteiger partial charge in [0, 0.05) is 38.2 Å². The molecule has 1 fully saturated rings. The maximum atomic E-state index is 12.5. The van der Waals surface area contributed by atoms with Crippen molar-refractivity contribution in [2.24, 2.45) is 0 Å². The van der Waals surface area contributed by atoms with Crippen molar-refractivity contribution in [2.45, 2.75) is 38.1 Å². The van der Waals surface area contributed by atoms with E-state index in [0.717, 1.165) is 18.7 Å². The lowest BCUT2D eigenvalue weighted by Crippen LogP contribution is -2.34. The van der Waals surface area contributed by atoms with Crippen LogP contribution in [0.1, 0.15) is 42.5 Å². The molecule has 1 aliphatic carbocycles. The number of methoxy groups -OCH3 is 1. The second-order valence-electron chi connectivity index (χ2n) is 8.26. The van der Waals surface area contributed by atoms with Crippen molar-refractivity contribution in [1.29, 1.82) is 0 Å². The number of anilines is 4. The van der Waals surface area contributed by atoms with Gasteiger partial charge in [-0.3, -0.25) is 9.59 Å². The Balaban J connectivity index is 1.63. The highest BCUT2D eigenvalue weighted by Gasteiger charge is 2.31. The summed E-state index contributed by atoms with van der Waals surface area (Å²) < 4.78 is 5.47. The number of nitrogens with zero attached hydrogens (tertiary/aromatic N) is 4. The lowest BCUT2D eigenvalue weighted by atomic mass is 10.1. The van der Waals surface area contributed by atoms with Crippen LogP contribution in [0.3, 0.4) is 0 Å². The highest BCUT2D eigenvalue weighted by molar-refractivity contribution is 5.97. The zero-order valence-electron chi connectivity index (χ0n) is 19.0. The van der Waals surface area contributed by atoms with E-state index in [-0.39, 0.29) is 25.0 Å². The number of aliphatic hydroxyl groups is 1. The van der Waals surface area contributed by atoms with Crippen LogP contribution in [0.5, 0.6) is 5.75 Å². The van der Waals surface area contributed by atoms with Crippen LogP contribution in [0.25, 0.3) is 0 Å². The van der Waals surface area contributed by atoms with Gasteiger partial charge in [0.2, 0.25) is 11.9 Å². The van der Waals surface area contributed by atoms with Gasteiger partial charge < -0.3 is 30.3 Å².